The summed E-state index contributed by atoms with van der Waals surface area (Å²) in [6, 6.07) is 17.7. The van der Waals surface area contributed by atoms with Gasteiger partial charge in [-0.1, -0.05) is 62.6 Å². The molecule has 1 saturated carbocycles. The highest BCUT2D eigenvalue weighted by molar-refractivity contribution is 6.07. The molecule has 0 saturated heterocycles. The lowest BCUT2D eigenvalue weighted by molar-refractivity contribution is -0.0123. The Morgan fingerprint density at radius 2 is 1.71 bits per heavy atom. The second kappa shape index (κ2) is 18.2. The summed E-state index contributed by atoms with van der Waals surface area (Å²) < 4.78 is 12.8. The number of carbonyl (C=O) groups excluding carboxylic acids is 3. The predicted octanol–water partition coefficient (Wildman–Crippen LogP) is 7.25. The number of anilines is 2. The molecule has 276 valence electrons. The van der Waals surface area contributed by atoms with Crippen molar-refractivity contribution in [3.63, 3.8) is 0 Å². The highest BCUT2D eigenvalue weighted by atomic mass is 16.5. The lowest BCUT2D eigenvalue weighted by atomic mass is 9.96. The average Bonchev–Trinajstić information content (AvgIpc) is 3.13. The van der Waals surface area contributed by atoms with Gasteiger partial charge in [-0.3, -0.25) is 4.79 Å². The van der Waals surface area contributed by atoms with Gasteiger partial charge in [-0.05, 0) is 75.6 Å². The number of hydrogen-bond donors (Lipinski definition) is 4. The fourth-order valence-corrected chi connectivity index (χ4v) is 6.97. The first-order valence-corrected chi connectivity index (χ1v) is 18.5. The third-order valence-electron chi connectivity index (χ3n) is 10.1. The van der Waals surface area contributed by atoms with E-state index in [0.717, 1.165) is 55.7 Å². The number of nitrogens with one attached hydrogen (secondary N) is 3. The van der Waals surface area contributed by atoms with E-state index in [0.29, 0.717) is 30.3 Å². The molecular formula is C40H55N5O6. The molecular weight excluding hydrogens is 646 g/mol. The maximum Gasteiger partial charge on any atom is 0.323 e. The Morgan fingerprint density at radius 3 is 2.49 bits per heavy atom. The van der Waals surface area contributed by atoms with Crippen LogP contribution in [0.5, 0.6) is 5.75 Å². The van der Waals surface area contributed by atoms with Gasteiger partial charge in [0.05, 0.1) is 36.1 Å². The van der Waals surface area contributed by atoms with Gasteiger partial charge in [0.1, 0.15) is 5.75 Å². The Balaban J connectivity index is 1.36. The molecule has 0 bridgehead atoms. The maximum atomic E-state index is 14.5. The first-order valence-electron chi connectivity index (χ1n) is 18.5. The maximum absolute atomic E-state index is 14.5. The Labute approximate surface area is 302 Å². The summed E-state index contributed by atoms with van der Waals surface area (Å²) in [6.45, 7) is 6.72. The van der Waals surface area contributed by atoms with Gasteiger partial charge in [-0.2, -0.15) is 0 Å². The van der Waals surface area contributed by atoms with Gasteiger partial charge in [0.25, 0.3) is 5.91 Å². The number of ether oxygens (including phenoxy) is 2. The van der Waals surface area contributed by atoms with Crippen molar-refractivity contribution in [2.45, 2.75) is 96.4 Å². The normalized spacial score (nSPS) is 21.5. The lowest BCUT2D eigenvalue weighted by Crippen LogP contribution is -2.50. The van der Waals surface area contributed by atoms with Crippen LogP contribution in [0.25, 0.3) is 10.8 Å². The van der Waals surface area contributed by atoms with Gasteiger partial charge in [-0.25, -0.2) is 9.59 Å². The van der Waals surface area contributed by atoms with Crippen molar-refractivity contribution in [3.8, 4) is 5.75 Å². The van der Waals surface area contributed by atoms with Crippen LogP contribution in [0.4, 0.5) is 21.0 Å². The summed E-state index contributed by atoms with van der Waals surface area (Å²) in [4.78, 5) is 44.2. The number of likely N-dealkylation sites (N-methyl/N-ethyl adjacent to an activating group) is 1. The van der Waals surface area contributed by atoms with E-state index in [-0.39, 0.29) is 54.8 Å². The van der Waals surface area contributed by atoms with Crippen LogP contribution < -0.4 is 20.7 Å². The zero-order chi connectivity index (χ0) is 36.3. The molecule has 1 aliphatic heterocycles. The standard InChI is InChI=1S/C40H55N5O6/c1-27-24-45(28(2)26-46)38(47)34-23-32(41-39(48)43-35-19-12-15-30-14-8-9-18-33(30)35)20-21-36(34)51-29(3)13-10-11-22-50-37(27)25-44(4)40(49)42-31-16-6-5-7-17-31/h8-9,12,14-15,18-21,23,27-29,31,37,46H,5-7,10-11,13,16-17,22,24-26H2,1-4H3,(H,42,49)(H2,41,43,48)/t27-,28+,29+,37-/m1/s1. The largest absolute Gasteiger partial charge is 0.490 e. The molecule has 5 amide bonds. The summed E-state index contributed by atoms with van der Waals surface area (Å²) in [7, 11) is 1.79. The van der Waals surface area contributed by atoms with Crippen molar-refractivity contribution in [1.29, 1.82) is 0 Å². The summed E-state index contributed by atoms with van der Waals surface area (Å²) in [5, 5.41) is 21.2. The molecule has 0 unspecified atom stereocenters. The molecule has 0 aromatic heterocycles. The summed E-state index contributed by atoms with van der Waals surface area (Å²) in [6.07, 6.45) is 7.41. The van der Waals surface area contributed by atoms with Crippen LogP contribution in [0.1, 0.15) is 82.5 Å². The topological polar surface area (TPSA) is 132 Å². The monoisotopic (exact) mass is 701 g/mol. The number of carbonyl (C=O) groups is 3. The van der Waals surface area contributed by atoms with Crippen LogP contribution in [0.15, 0.2) is 60.7 Å². The molecule has 4 N–H and O–H groups in total. The third kappa shape index (κ3) is 10.4. The van der Waals surface area contributed by atoms with Crippen LogP contribution in [0.3, 0.4) is 0 Å². The van der Waals surface area contributed by atoms with Crippen LogP contribution in [0.2, 0.25) is 0 Å². The van der Waals surface area contributed by atoms with Gasteiger partial charge < -0.3 is 40.3 Å². The van der Waals surface area contributed by atoms with Gasteiger partial charge in [0.2, 0.25) is 0 Å². The lowest BCUT2D eigenvalue weighted by Gasteiger charge is -2.36. The van der Waals surface area contributed by atoms with Crippen molar-refractivity contribution in [1.82, 2.24) is 15.1 Å². The molecule has 1 fully saturated rings. The average molecular weight is 702 g/mol. The first-order chi connectivity index (χ1) is 24.6. The molecule has 0 radical (unpaired) electrons. The van der Waals surface area contributed by atoms with Crippen LogP contribution >= 0.6 is 0 Å². The Hall–Kier alpha value is -4.35. The fourth-order valence-electron chi connectivity index (χ4n) is 6.97. The van der Waals surface area contributed by atoms with Crippen molar-refractivity contribution < 1.29 is 29.0 Å². The molecule has 3 aromatic rings. The summed E-state index contributed by atoms with van der Waals surface area (Å²) in [5.74, 6) is -0.0888. The summed E-state index contributed by atoms with van der Waals surface area (Å²) >= 11 is 0. The number of fused-ring (bicyclic) bond motifs is 2. The van der Waals surface area contributed by atoms with E-state index in [1.807, 2.05) is 56.3 Å². The van der Waals surface area contributed by atoms with Gasteiger partial charge in [-0.15, -0.1) is 0 Å². The molecule has 2 aliphatic rings. The van der Waals surface area contributed by atoms with E-state index in [9.17, 15) is 19.5 Å². The van der Waals surface area contributed by atoms with E-state index < -0.39 is 12.1 Å². The van der Waals surface area contributed by atoms with Crippen molar-refractivity contribution in [2.75, 3.05) is 44.0 Å². The number of benzene rings is 3. The van der Waals surface area contributed by atoms with Crippen molar-refractivity contribution >= 4 is 40.1 Å². The highest BCUT2D eigenvalue weighted by Gasteiger charge is 2.31. The minimum Gasteiger partial charge on any atom is -0.490 e. The van der Waals surface area contributed by atoms with E-state index in [1.54, 1.807) is 42.0 Å². The van der Waals surface area contributed by atoms with Crippen LogP contribution in [0, 0.1) is 5.92 Å². The van der Waals surface area contributed by atoms with Crippen molar-refractivity contribution in [2.24, 2.45) is 5.92 Å². The van der Waals surface area contributed by atoms with Gasteiger partial charge >= 0.3 is 12.1 Å². The van der Waals surface area contributed by atoms with Crippen LogP contribution in [-0.2, 0) is 4.74 Å². The smallest absolute Gasteiger partial charge is 0.323 e. The van der Waals surface area contributed by atoms with E-state index in [2.05, 4.69) is 16.0 Å². The van der Waals surface area contributed by atoms with Gasteiger partial charge in [0, 0.05) is 49.8 Å². The molecule has 51 heavy (non-hydrogen) atoms. The van der Waals surface area contributed by atoms with E-state index in [1.165, 1.54) is 6.42 Å². The van der Waals surface area contributed by atoms with E-state index in [4.69, 9.17) is 9.47 Å². The molecule has 11 heteroatoms. The molecule has 11 nitrogen and oxygen atoms in total. The summed E-state index contributed by atoms with van der Waals surface area (Å²) in [5.41, 5.74) is 1.38. The van der Waals surface area contributed by atoms with Gasteiger partial charge in [0.15, 0.2) is 0 Å². The number of aliphatic hydroxyl groups excluding tert-OH is 1. The molecule has 0 spiro atoms. The first kappa shape index (κ1) is 37.9. The zero-order valence-electron chi connectivity index (χ0n) is 30.5. The molecule has 3 aromatic carbocycles. The minimum absolute atomic E-state index is 0.113. The predicted molar refractivity (Wildman–Crippen MR) is 201 cm³/mol. The number of urea groups is 2. The number of nitrogens with zero attached hydrogens (tertiary/aromatic N) is 2. The second-order valence-corrected chi connectivity index (χ2v) is 14.3. The third-order valence-corrected chi connectivity index (χ3v) is 10.1. The Kier molecular flexibility index (Phi) is 13.5. The number of amides is 5. The highest BCUT2D eigenvalue weighted by Crippen LogP contribution is 2.29. The number of rotatable bonds is 7. The van der Waals surface area contributed by atoms with Crippen LogP contribution in [-0.4, -0.2) is 90.5 Å². The molecule has 4 atom stereocenters. The minimum atomic E-state index is -0.516. The Bertz CT molecular complexity index is 1620. The molecule has 1 aliphatic carbocycles. The number of aliphatic hydroxyl groups is 1. The second-order valence-electron chi connectivity index (χ2n) is 14.3. The Morgan fingerprint density at radius 1 is 0.961 bits per heavy atom. The molecule has 5 rings (SSSR count). The van der Waals surface area contributed by atoms with Crippen molar-refractivity contribution in [3.05, 3.63) is 66.2 Å². The SMILES string of the molecule is C[C@@H]1CN([C@@H](C)CO)C(=O)c2cc(NC(=O)Nc3cccc4ccccc34)ccc2O[C@@H](C)CCCCO[C@@H]1CN(C)C(=O)NC1CCCCC1. The van der Waals surface area contributed by atoms with E-state index >= 15 is 0 Å². The quantitative estimate of drug-likeness (QED) is 0.205. The zero-order valence-corrected chi connectivity index (χ0v) is 30.5. The fraction of sp³-hybridized carbons (Fsp3) is 0.525. The number of hydrogen-bond acceptors (Lipinski definition) is 6. The molecule has 1 heterocycles.